The molecule has 162 valence electrons. The van der Waals surface area contributed by atoms with E-state index < -0.39 is 6.04 Å². The minimum absolute atomic E-state index is 0.192. The molecule has 3 aromatic carbocycles. The number of carbonyl (C=O) groups excluding carboxylic acids is 2. The Kier molecular flexibility index (Phi) is 5.37. The van der Waals surface area contributed by atoms with Crippen LogP contribution in [0.15, 0.2) is 119 Å². The molecule has 5 heteroatoms. The summed E-state index contributed by atoms with van der Waals surface area (Å²) in [7, 11) is 0. The molecule has 1 aliphatic heterocycles. The number of nitrogens with zero attached hydrogens (tertiary/aromatic N) is 1. The lowest BCUT2D eigenvalue weighted by atomic mass is 9.94. The molecule has 0 saturated carbocycles. The van der Waals surface area contributed by atoms with Crippen molar-refractivity contribution in [3.8, 4) is 0 Å². The van der Waals surface area contributed by atoms with Crippen LogP contribution in [0.4, 0.5) is 11.4 Å². The smallest absolute Gasteiger partial charge is 0.276 e. The molecule has 1 N–H and O–H groups in total. The molecule has 0 spiro atoms. The maximum atomic E-state index is 13.9. The normalized spacial score (nSPS) is 15.7. The van der Waals surface area contributed by atoms with Crippen molar-refractivity contribution in [3.05, 3.63) is 131 Å². The Morgan fingerprint density at radius 3 is 2.18 bits per heavy atom. The third-order valence-corrected chi connectivity index (χ3v) is 5.78. The number of aryl methyl sites for hydroxylation is 1. The van der Waals surface area contributed by atoms with Crippen LogP contribution in [0.3, 0.4) is 0 Å². The van der Waals surface area contributed by atoms with Crippen LogP contribution in [0.1, 0.15) is 27.7 Å². The number of rotatable bonds is 6. The lowest BCUT2D eigenvalue weighted by Crippen LogP contribution is -2.31. The number of anilines is 2. The van der Waals surface area contributed by atoms with Crippen molar-refractivity contribution in [2.75, 3.05) is 10.2 Å². The van der Waals surface area contributed by atoms with Gasteiger partial charge in [0.2, 0.25) is 5.78 Å². The van der Waals surface area contributed by atoms with Crippen LogP contribution >= 0.6 is 0 Å². The first-order chi connectivity index (χ1) is 16.1. The number of furan rings is 1. The van der Waals surface area contributed by atoms with E-state index in [4.69, 9.17) is 4.42 Å². The molecule has 0 saturated heterocycles. The number of hydrogen-bond donors (Lipinski definition) is 1. The molecule has 1 aliphatic rings. The molecule has 0 fully saturated rings. The van der Waals surface area contributed by atoms with E-state index in [1.165, 1.54) is 6.26 Å². The van der Waals surface area contributed by atoms with Crippen molar-refractivity contribution >= 4 is 23.1 Å². The zero-order valence-corrected chi connectivity index (χ0v) is 18.1. The fourth-order valence-corrected chi connectivity index (χ4v) is 4.17. The molecule has 33 heavy (non-hydrogen) atoms. The Labute approximate surface area is 192 Å². The molecule has 0 aliphatic carbocycles. The maximum absolute atomic E-state index is 13.9. The number of para-hydroxylation sites is 2. The Morgan fingerprint density at radius 1 is 0.848 bits per heavy atom. The quantitative estimate of drug-likeness (QED) is 0.382. The molecule has 0 radical (unpaired) electrons. The number of amides is 1. The highest BCUT2D eigenvalue weighted by Crippen LogP contribution is 2.43. The minimum atomic E-state index is -0.606. The molecule has 1 unspecified atom stereocenters. The average Bonchev–Trinajstić information content (AvgIpc) is 3.49. The van der Waals surface area contributed by atoms with E-state index in [-0.39, 0.29) is 23.1 Å². The first kappa shape index (κ1) is 20.5. The van der Waals surface area contributed by atoms with Gasteiger partial charge in [0.1, 0.15) is 5.70 Å². The van der Waals surface area contributed by atoms with Crippen LogP contribution in [-0.2, 0) is 4.79 Å². The first-order valence-corrected chi connectivity index (χ1v) is 10.7. The minimum Gasteiger partial charge on any atom is -0.461 e. The van der Waals surface area contributed by atoms with Crippen LogP contribution in [0.5, 0.6) is 0 Å². The molecule has 4 aromatic rings. The Hall–Kier alpha value is -4.38. The Morgan fingerprint density at radius 2 is 1.52 bits per heavy atom. The summed E-state index contributed by atoms with van der Waals surface area (Å²) in [6.45, 7) is 1.96. The van der Waals surface area contributed by atoms with E-state index in [0.29, 0.717) is 11.3 Å². The zero-order valence-electron chi connectivity index (χ0n) is 18.1. The summed E-state index contributed by atoms with van der Waals surface area (Å²) in [5.41, 5.74) is 3.90. The molecular formula is C28H22N2O3. The average molecular weight is 434 g/mol. The highest BCUT2D eigenvalue weighted by molar-refractivity contribution is 6.22. The number of benzene rings is 3. The van der Waals surface area contributed by atoms with Gasteiger partial charge in [-0.3, -0.25) is 14.5 Å². The number of Topliss-reactive ketones (excluding diaryl/α,β-unsaturated/α-hetero) is 1. The van der Waals surface area contributed by atoms with Gasteiger partial charge >= 0.3 is 0 Å². The van der Waals surface area contributed by atoms with Crippen LogP contribution in [0.2, 0.25) is 0 Å². The number of ketones is 1. The van der Waals surface area contributed by atoms with Gasteiger partial charge in [0.15, 0.2) is 5.76 Å². The van der Waals surface area contributed by atoms with Crippen molar-refractivity contribution < 1.29 is 14.0 Å². The van der Waals surface area contributed by atoms with Gasteiger partial charge in [0, 0.05) is 11.4 Å². The van der Waals surface area contributed by atoms with Crippen molar-refractivity contribution in [3.63, 3.8) is 0 Å². The number of carbonyl (C=O) groups is 2. The second-order valence-corrected chi connectivity index (χ2v) is 7.86. The maximum Gasteiger partial charge on any atom is 0.276 e. The van der Waals surface area contributed by atoms with E-state index in [1.54, 1.807) is 17.0 Å². The molecule has 1 aromatic heterocycles. The van der Waals surface area contributed by atoms with Gasteiger partial charge in [-0.1, -0.05) is 66.7 Å². The molecule has 5 nitrogen and oxygen atoms in total. The Bertz CT molecular complexity index is 1330. The summed E-state index contributed by atoms with van der Waals surface area (Å²) < 4.78 is 5.45. The second kappa shape index (κ2) is 8.63. The fourth-order valence-electron chi connectivity index (χ4n) is 4.17. The standard InChI is InChI=1S/C28H22N2O3/c1-19-11-8-9-16-22(19)29-25-24(27(31)23-17-10-18-33-23)26(20-12-4-2-5-13-20)30(28(25)32)21-14-6-3-7-15-21/h2-18,26,29H,1H3. The molecule has 1 atom stereocenters. The van der Waals surface area contributed by atoms with Crippen LogP contribution in [-0.4, -0.2) is 11.7 Å². The fraction of sp³-hybridized carbons (Fsp3) is 0.0714. The summed E-state index contributed by atoms with van der Waals surface area (Å²) >= 11 is 0. The summed E-state index contributed by atoms with van der Waals surface area (Å²) in [5, 5.41) is 3.28. The predicted molar refractivity (Wildman–Crippen MR) is 128 cm³/mol. The van der Waals surface area contributed by atoms with E-state index in [9.17, 15) is 9.59 Å². The Balaban J connectivity index is 1.73. The van der Waals surface area contributed by atoms with Crippen molar-refractivity contribution in [1.82, 2.24) is 0 Å². The van der Waals surface area contributed by atoms with E-state index in [1.807, 2.05) is 91.9 Å². The van der Waals surface area contributed by atoms with Crippen LogP contribution in [0, 0.1) is 6.92 Å². The van der Waals surface area contributed by atoms with Crippen LogP contribution in [0.25, 0.3) is 0 Å². The third kappa shape index (κ3) is 3.74. The topological polar surface area (TPSA) is 62.6 Å². The highest BCUT2D eigenvalue weighted by Gasteiger charge is 2.45. The lowest BCUT2D eigenvalue weighted by Gasteiger charge is -2.27. The zero-order chi connectivity index (χ0) is 22.8. The van der Waals surface area contributed by atoms with Gasteiger partial charge in [-0.05, 0) is 48.4 Å². The third-order valence-electron chi connectivity index (χ3n) is 5.78. The van der Waals surface area contributed by atoms with Gasteiger partial charge in [0.05, 0.1) is 17.9 Å². The van der Waals surface area contributed by atoms with Crippen molar-refractivity contribution in [1.29, 1.82) is 0 Å². The molecule has 1 amide bonds. The SMILES string of the molecule is Cc1ccccc1NC1=C(C(=O)c2ccco2)C(c2ccccc2)N(c2ccccc2)C1=O. The van der Waals surface area contributed by atoms with Crippen molar-refractivity contribution in [2.45, 2.75) is 13.0 Å². The summed E-state index contributed by atoms with van der Waals surface area (Å²) in [4.78, 5) is 29.3. The van der Waals surface area contributed by atoms with E-state index in [2.05, 4.69) is 5.32 Å². The summed E-state index contributed by atoms with van der Waals surface area (Å²) in [5.74, 6) is -0.400. The van der Waals surface area contributed by atoms with Gasteiger partial charge < -0.3 is 9.73 Å². The summed E-state index contributed by atoms with van der Waals surface area (Å²) in [6, 6.07) is 29.4. The molecule has 2 heterocycles. The lowest BCUT2D eigenvalue weighted by molar-refractivity contribution is -0.114. The number of hydrogen-bond acceptors (Lipinski definition) is 4. The largest absolute Gasteiger partial charge is 0.461 e. The van der Waals surface area contributed by atoms with Gasteiger partial charge in [-0.25, -0.2) is 0 Å². The van der Waals surface area contributed by atoms with Crippen LogP contribution < -0.4 is 10.2 Å². The van der Waals surface area contributed by atoms with Gasteiger partial charge in [-0.2, -0.15) is 0 Å². The second-order valence-electron chi connectivity index (χ2n) is 7.86. The van der Waals surface area contributed by atoms with E-state index in [0.717, 1.165) is 16.8 Å². The van der Waals surface area contributed by atoms with E-state index >= 15 is 0 Å². The molecular weight excluding hydrogens is 412 g/mol. The monoisotopic (exact) mass is 434 g/mol. The molecule has 0 bridgehead atoms. The van der Waals surface area contributed by atoms with Gasteiger partial charge in [0.25, 0.3) is 5.91 Å². The predicted octanol–water partition coefficient (Wildman–Crippen LogP) is 5.93. The van der Waals surface area contributed by atoms with Gasteiger partial charge in [-0.15, -0.1) is 0 Å². The first-order valence-electron chi connectivity index (χ1n) is 10.7. The highest BCUT2D eigenvalue weighted by atomic mass is 16.3. The van der Waals surface area contributed by atoms with Crippen molar-refractivity contribution in [2.24, 2.45) is 0 Å². The molecule has 5 rings (SSSR count). The number of nitrogens with one attached hydrogen (secondary N) is 1. The summed E-state index contributed by atoms with van der Waals surface area (Å²) in [6.07, 6.45) is 1.46.